The minimum atomic E-state index is 1.13. The maximum absolute atomic E-state index is 3.78. The lowest BCUT2D eigenvalue weighted by atomic mass is 9.93. The first kappa shape index (κ1) is 19.6. The Morgan fingerprint density at radius 3 is 1.88 bits per heavy atom. The van der Waals surface area contributed by atoms with Crippen molar-refractivity contribution in [3.63, 3.8) is 0 Å². The molecule has 0 N–H and O–H groups in total. The summed E-state index contributed by atoms with van der Waals surface area (Å²) in [5, 5.41) is 10.2. The van der Waals surface area contributed by atoms with E-state index in [1.54, 1.807) is 0 Å². The maximum Gasteiger partial charge on any atom is 0.0540 e. The molecule has 0 bridgehead atoms. The highest BCUT2D eigenvalue weighted by molar-refractivity contribution is 9.10. The quantitative estimate of drug-likeness (QED) is 0.219. The Morgan fingerprint density at radius 1 is 0.412 bits per heavy atom. The molecular weight excluding hydrogens is 478 g/mol. The summed E-state index contributed by atoms with van der Waals surface area (Å²) in [5.74, 6) is 0. The van der Waals surface area contributed by atoms with E-state index < -0.39 is 0 Å². The van der Waals surface area contributed by atoms with Crippen molar-refractivity contribution in [3.8, 4) is 0 Å². The third kappa shape index (κ3) is 2.85. The summed E-state index contributed by atoms with van der Waals surface area (Å²) >= 11 is 3.78. The van der Waals surface area contributed by atoms with Crippen LogP contribution in [-0.4, -0.2) is 0 Å². The summed E-state index contributed by atoms with van der Waals surface area (Å²) in [6, 6.07) is 43.8. The van der Waals surface area contributed by atoms with Gasteiger partial charge in [-0.15, -0.1) is 0 Å². The molecule has 0 aliphatic rings. The maximum atomic E-state index is 3.78. The molecule has 34 heavy (non-hydrogen) atoms. The van der Waals surface area contributed by atoms with E-state index >= 15 is 0 Å². The van der Waals surface area contributed by atoms with Crippen LogP contribution in [0, 0.1) is 0 Å². The molecule has 0 saturated carbocycles. The van der Waals surface area contributed by atoms with Gasteiger partial charge in [0.1, 0.15) is 0 Å². The van der Waals surface area contributed by atoms with E-state index in [1.165, 1.54) is 54.5 Å². The van der Waals surface area contributed by atoms with E-state index in [0.717, 1.165) is 10.2 Å². The lowest BCUT2D eigenvalue weighted by Crippen LogP contribution is -2.11. The van der Waals surface area contributed by atoms with Crippen molar-refractivity contribution >= 4 is 76.1 Å². The summed E-state index contributed by atoms with van der Waals surface area (Å²) in [7, 11) is 0. The molecule has 0 aliphatic heterocycles. The third-order valence-corrected chi connectivity index (χ3v) is 7.54. The molecule has 0 saturated heterocycles. The van der Waals surface area contributed by atoms with Crippen molar-refractivity contribution in [3.05, 3.63) is 126 Å². The van der Waals surface area contributed by atoms with E-state index in [9.17, 15) is 0 Å². The van der Waals surface area contributed by atoms with Gasteiger partial charge in [-0.2, -0.15) is 0 Å². The Kier molecular flexibility index (Phi) is 4.36. The summed E-state index contributed by atoms with van der Waals surface area (Å²) in [6.07, 6.45) is 0. The van der Waals surface area contributed by atoms with Gasteiger partial charge in [0.15, 0.2) is 0 Å². The molecule has 160 valence electrons. The van der Waals surface area contributed by atoms with E-state index in [0.29, 0.717) is 0 Å². The third-order valence-electron chi connectivity index (χ3n) is 6.85. The molecule has 0 atom stereocenters. The average molecular weight is 498 g/mol. The summed E-state index contributed by atoms with van der Waals surface area (Å²) < 4.78 is 1.13. The van der Waals surface area contributed by atoms with Gasteiger partial charge in [-0.3, -0.25) is 0 Å². The largest absolute Gasteiger partial charge is 0.309 e. The first-order chi connectivity index (χ1) is 16.8. The van der Waals surface area contributed by atoms with Crippen LogP contribution >= 0.6 is 15.9 Å². The predicted octanol–water partition coefficient (Wildman–Crippen LogP) is 9.97. The van der Waals surface area contributed by atoms with E-state index in [1.807, 2.05) is 0 Å². The van der Waals surface area contributed by atoms with Crippen molar-refractivity contribution in [1.29, 1.82) is 0 Å². The van der Waals surface area contributed by atoms with Crippen LogP contribution in [-0.2, 0) is 0 Å². The zero-order valence-corrected chi connectivity index (χ0v) is 20.0. The van der Waals surface area contributed by atoms with Gasteiger partial charge in [0, 0.05) is 20.9 Å². The van der Waals surface area contributed by atoms with Crippen molar-refractivity contribution in [2.75, 3.05) is 4.90 Å². The number of para-hydroxylation sites is 1. The fraction of sp³-hybridized carbons (Fsp3) is 0. The van der Waals surface area contributed by atoms with Crippen LogP contribution in [0.1, 0.15) is 0 Å². The van der Waals surface area contributed by atoms with Crippen LogP contribution in [0.2, 0.25) is 0 Å². The van der Waals surface area contributed by atoms with Crippen LogP contribution < -0.4 is 4.90 Å². The molecule has 0 aliphatic carbocycles. The molecule has 0 unspecified atom stereocenters. The van der Waals surface area contributed by atoms with Gasteiger partial charge in [-0.25, -0.2) is 0 Å². The predicted molar refractivity (Wildman–Crippen MR) is 150 cm³/mol. The van der Waals surface area contributed by atoms with Crippen molar-refractivity contribution in [1.82, 2.24) is 0 Å². The SMILES string of the molecule is Brc1ccc2ccc3c(N(c4ccccc4)c4cccc5ccccc45)ccc4ccc1c2c43. The first-order valence-electron chi connectivity index (χ1n) is 11.5. The number of rotatable bonds is 3. The van der Waals surface area contributed by atoms with Crippen LogP contribution in [0.5, 0.6) is 0 Å². The molecule has 0 fully saturated rings. The zero-order chi connectivity index (χ0) is 22.6. The minimum Gasteiger partial charge on any atom is -0.309 e. The normalized spacial score (nSPS) is 11.7. The minimum absolute atomic E-state index is 1.13. The van der Waals surface area contributed by atoms with E-state index in [2.05, 4.69) is 142 Å². The Balaban J connectivity index is 1.62. The van der Waals surface area contributed by atoms with Crippen molar-refractivity contribution < 1.29 is 0 Å². The second-order valence-electron chi connectivity index (χ2n) is 8.72. The summed E-state index contributed by atoms with van der Waals surface area (Å²) in [4.78, 5) is 2.41. The molecule has 0 aromatic heterocycles. The number of fused-ring (bicyclic) bond motifs is 1. The number of benzene rings is 7. The highest BCUT2D eigenvalue weighted by atomic mass is 79.9. The zero-order valence-electron chi connectivity index (χ0n) is 18.4. The van der Waals surface area contributed by atoms with Crippen LogP contribution in [0.3, 0.4) is 0 Å². The molecule has 0 spiro atoms. The van der Waals surface area contributed by atoms with Gasteiger partial charge in [0.25, 0.3) is 0 Å². The Labute approximate surface area is 206 Å². The Hall–Kier alpha value is -3.88. The number of hydrogen-bond acceptors (Lipinski definition) is 1. The fourth-order valence-corrected chi connectivity index (χ4v) is 5.80. The molecule has 0 radical (unpaired) electrons. The highest BCUT2D eigenvalue weighted by Gasteiger charge is 2.19. The molecule has 7 rings (SSSR count). The highest BCUT2D eigenvalue weighted by Crippen LogP contribution is 2.46. The van der Waals surface area contributed by atoms with E-state index in [-0.39, 0.29) is 0 Å². The van der Waals surface area contributed by atoms with Crippen LogP contribution in [0.4, 0.5) is 17.1 Å². The number of halogens is 1. The lowest BCUT2D eigenvalue weighted by Gasteiger charge is -2.28. The van der Waals surface area contributed by atoms with Gasteiger partial charge in [0.2, 0.25) is 0 Å². The number of anilines is 3. The van der Waals surface area contributed by atoms with Gasteiger partial charge in [0.05, 0.1) is 11.4 Å². The second kappa shape index (κ2) is 7.58. The first-order valence-corrected chi connectivity index (χ1v) is 12.3. The molecule has 0 heterocycles. The van der Waals surface area contributed by atoms with Crippen molar-refractivity contribution in [2.45, 2.75) is 0 Å². The van der Waals surface area contributed by atoms with Crippen molar-refractivity contribution in [2.24, 2.45) is 0 Å². The molecule has 0 amide bonds. The van der Waals surface area contributed by atoms with E-state index in [4.69, 9.17) is 0 Å². The Bertz CT molecular complexity index is 1820. The number of nitrogens with zero attached hydrogens (tertiary/aromatic N) is 1. The fourth-order valence-electron chi connectivity index (χ4n) is 5.33. The Morgan fingerprint density at radius 2 is 1.03 bits per heavy atom. The van der Waals surface area contributed by atoms with Gasteiger partial charge in [-0.1, -0.05) is 107 Å². The molecule has 7 aromatic carbocycles. The standard InChI is InChI=1S/C32H20BrN/c33-28-19-15-22-14-18-27-30(20-16-23-13-17-26(28)31(22)32(23)27)34(24-9-2-1-3-10-24)29-12-6-8-21-7-4-5-11-25(21)29/h1-20H. The molecule has 1 nitrogen and oxygen atoms in total. The number of hydrogen-bond donors (Lipinski definition) is 0. The summed E-state index contributed by atoms with van der Waals surface area (Å²) in [6.45, 7) is 0. The molecule has 7 aromatic rings. The lowest BCUT2D eigenvalue weighted by molar-refractivity contribution is 1.31. The monoisotopic (exact) mass is 497 g/mol. The van der Waals surface area contributed by atoms with Crippen LogP contribution in [0.25, 0.3) is 43.1 Å². The topological polar surface area (TPSA) is 3.24 Å². The second-order valence-corrected chi connectivity index (χ2v) is 9.58. The van der Waals surface area contributed by atoms with Gasteiger partial charge >= 0.3 is 0 Å². The average Bonchev–Trinajstić information content (AvgIpc) is 2.90. The van der Waals surface area contributed by atoms with Gasteiger partial charge < -0.3 is 4.90 Å². The summed E-state index contributed by atoms with van der Waals surface area (Å²) in [5.41, 5.74) is 3.51. The molecular formula is C32H20BrN. The molecule has 2 heteroatoms. The van der Waals surface area contributed by atoms with Crippen LogP contribution in [0.15, 0.2) is 126 Å². The van der Waals surface area contributed by atoms with Gasteiger partial charge in [-0.05, 0) is 62.6 Å². The smallest absolute Gasteiger partial charge is 0.0540 e.